The molecule has 0 saturated carbocycles. The average Bonchev–Trinajstić information content (AvgIpc) is 2.27. The fourth-order valence-corrected chi connectivity index (χ4v) is 1.80. The van der Waals surface area contributed by atoms with Gasteiger partial charge in [0.25, 0.3) is 0 Å². The zero-order chi connectivity index (χ0) is 13.9. The van der Waals surface area contributed by atoms with Gasteiger partial charge in [0.1, 0.15) is 11.3 Å². The lowest BCUT2D eigenvalue weighted by Gasteiger charge is -2.19. The lowest BCUT2D eigenvalue weighted by atomic mass is 10.0. The number of thiol groups is 1. The SMILES string of the molecule is OC(CCS)C(O)c1cc(C(F)(F)F)cnc1Cl. The third-order valence-corrected chi connectivity index (χ3v) is 2.88. The molecule has 0 radical (unpaired) electrons. The average molecular weight is 302 g/mol. The summed E-state index contributed by atoms with van der Waals surface area (Å²) in [7, 11) is 0. The topological polar surface area (TPSA) is 53.4 Å². The molecular formula is C10H11ClF3NO2S. The molecule has 2 unspecified atom stereocenters. The number of hydrogen-bond donors (Lipinski definition) is 3. The number of aliphatic hydroxyl groups excluding tert-OH is 2. The summed E-state index contributed by atoms with van der Waals surface area (Å²) in [6, 6.07) is 0.682. The summed E-state index contributed by atoms with van der Waals surface area (Å²) in [5.41, 5.74) is -1.28. The van der Waals surface area contributed by atoms with E-state index in [1.807, 2.05) is 0 Å². The molecule has 0 aliphatic rings. The Kier molecular flexibility index (Phi) is 5.27. The Hall–Kier alpha value is -0.500. The standard InChI is InChI=1S/C10H11ClF3NO2S/c11-9-6(8(17)7(16)1-2-18)3-5(4-15-9)10(12,13)14/h3-4,7-8,16-18H,1-2H2. The predicted octanol–water partition coefficient (Wildman–Crippen LogP) is 2.47. The van der Waals surface area contributed by atoms with Crippen LogP contribution in [0.25, 0.3) is 0 Å². The fraction of sp³-hybridized carbons (Fsp3) is 0.500. The number of halogens is 4. The highest BCUT2D eigenvalue weighted by molar-refractivity contribution is 7.80. The first-order chi connectivity index (χ1) is 8.27. The molecule has 1 aromatic rings. The van der Waals surface area contributed by atoms with Gasteiger partial charge in [-0.3, -0.25) is 0 Å². The largest absolute Gasteiger partial charge is 0.417 e. The molecule has 0 aliphatic heterocycles. The first-order valence-corrected chi connectivity index (χ1v) is 5.98. The van der Waals surface area contributed by atoms with Gasteiger partial charge in [0.15, 0.2) is 0 Å². The van der Waals surface area contributed by atoms with Gasteiger partial charge in [0.2, 0.25) is 0 Å². The second-order valence-electron chi connectivity index (χ2n) is 3.63. The van der Waals surface area contributed by atoms with E-state index in [4.69, 9.17) is 11.6 Å². The zero-order valence-electron chi connectivity index (χ0n) is 9.02. The molecular weight excluding hydrogens is 291 g/mol. The molecule has 8 heteroatoms. The molecule has 0 aromatic carbocycles. The van der Waals surface area contributed by atoms with Crippen LogP contribution in [0.5, 0.6) is 0 Å². The van der Waals surface area contributed by atoms with E-state index in [-0.39, 0.29) is 22.9 Å². The van der Waals surface area contributed by atoms with Crippen LogP contribution < -0.4 is 0 Å². The molecule has 1 heterocycles. The molecule has 2 atom stereocenters. The van der Waals surface area contributed by atoms with Crippen molar-refractivity contribution in [3.8, 4) is 0 Å². The highest BCUT2D eigenvalue weighted by atomic mass is 35.5. The smallest absolute Gasteiger partial charge is 0.390 e. The number of alkyl halides is 3. The molecule has 1 rings (SSSR count). The Morgan fingerprint density at radius 3 is 2.50 bits per heavy atom. The van der Waals surface area contributed by atoms with E-state index in [0.717, 1.165) is 0 Å². The van der Waals surface area contributed by atoms with Gasteiger partial charge in [-0.2, -0.15) is 25.8 Å². The van der Waals surface area contributed by atoms with Crippen LogP contribution in [-0.4, -0.2) is 27.1 Å². The molecule has 0 spiro atoms. The molecule has 0 fully saturated rings. The maximum Gasteiger partial charge on any atom is 0.417 e. The van der Waals surface area contributed by atoms with Crippen LogP contribution >= 0.6 is 24.2 Å². The minimum atomic E-state index is -4.58. The maximum absolute atomic E-state index is 12.5. The molecule has 1 aromatic heterocycles. The Balaban J connectivity index is 3.08. The van der Waals surface area contributed by atoms with Crippen LogP contribution in [0.4, 0.5) is 13.2 Å². The van der Waals surface area contributed by atoms with Crippen LogP contribution in [-0.2, 0) is 6.18 Å². The number of aliphatic hydroxyl groups is 2. The van der Waals surface area contributed by atoms with Gasteiger partial charge in [-0.15, -0.1) is 0 Å². The van der Waals surface area contributed by atoms with E-state index in [2.05, 4.69) is 17.6 Å². The number of pyridine rings is 1. The first kappa shape index (κ1) is 15.6. The van der Waals surface area contributed by atoms with Crippen LogP contribution in [0.15, 0.2) is 12.3 Å². The highest BCUT2D eigenvalue weighted by Crippen LogP contribution is 2.33. The summed E-state index contributed by atoms with van der Waals surface area (Å²) in [5, 5.41) is 19.0. The van der Waals surface area contributed by atoms with Gasteiger partial charge < -0.3 is 10.2 Å². The van der Waals surface area contributed by atoms with Gasteiger partial charge in [-0.25, -0.2) is 4.98 Å². The molecule has 0 bridgehead atoms. The zero-order valence-corrected chi connectivity index (χ0v) is 10.7. The van der Waals surface area contributed by atoms with Crippen molar-refractivity contribution in [2.45, 2.75) is 24.8 Å². The van der Waals surface area contributed by atoms with Gasteiger partial charge in [0.05, 0.1) is 11.7 Å². The summed E-state index contributed by atoms with van der Waals surface area (Å²) in [6.07, 6.45) is -6.66. The Labute approximate surface area is 112 Å². The fourth-order valence-electron chi connectivity index (χ4n) is 1.32. The van der Waals surface area contributed by atoms with Crippen molar-refractivity contribution in [1.82, 2.24) is 4.98 Å². The second-order valence-corrected chi connectivity index (χ2v) is 4.43. The van der Waals surface area contributed by atoms with Crippen LogP contribution in [0.3, 0.4) is 0 Å². The minimum Gasteiger partial charge on any atom is -0.390 e. The van der Waals surface area contributed by atoms with E-state index >= 15 is 0 Å². The van der Waals surface area contributed by atoms with E-state index in [1.165, 1.54) is 0 Å². The van der Waals surface area contributed by atoms with Crippen molar-refractivity contribution in [3.05, 3.63) is 28.5 Å². The Bertz CT molecular complexity index is 417. The van der Waals surface area contributed by atoms with Gasteiger partial charge >= 0.3 is 6.18 Å². The normalized spacial score (nSPS) is 15.5. The van der Waals surface area contributed by atoms with Crippen LogP contribution in [0.2, 0.25) is 5.15 Å². The third kappa shape index (κ3) is 3.74. The van der Waals surface area contributed by atoms with E-state index in [1.54, 1.807) is 0 Å². The van der Waals surface area contributed by atoms with Crippen molar-refractivity contribution in [2.24, 2.45) is 0 Å². The Morgan fingerprint density at radius 2 is 2.00 bits per heavy atom. The minimum absolute atomic E-state index is 0.122. The molecule has 0 amide bonds. The number of hydrogen-bond acceptors (Lipinski definition) is 4. The third-order valence-electron chi connectivity index (χ3n) is 2.30. The molecule has 18 heavy (non-hydrogen) atoms. The number of aromatic nitrogens is 1. The van der Waals surface area contributed by atoms with Crippen molar-refractivity contribution < 1.29 is 23.4 Å². The summed E-state index contributed by atoms with van der Waals surface area (Å²) in [4.78, 5) is 3.36. The van der Waals surface area contributed by atoms with E-state index in [9.17, 15) is 23.4 Å². The molecule has 102 valence electrons. The van der Waals surface area contributed by atoms with Crippen molar-refractivity contribution in [2.75, 3.05) is 5.75 Å². The summed E-state index contributed by atoms with van der Waals surface area (Å²) < 4.78 is 37.4. The van der Waals surface area contributed by atoms with Gasteiger partial charge in [0, 0.05) is 11.8 Å². The van der Waals surface area contributed by atoms with Crippen molar-refractivity contribution in [1.29, 1.82) is 0 Å². The monoisotopic (exact) mass is 301 g/mol. The van der Waals surface area contributed by atoms with Gasteiger partial charge in [-0.1, -0.05) is 11.6 Å². The quantitative estimate of drug-likeness (QED) is 0.591. The number of rotatable bonds is 4. The first-order valence-electron chi connectivity index (χ1n) is 4.97. The number of nitrogens with zero attached hydrogens (tertiary/aromatic N) is 1. The van der Waals surface area contributed by atoms with Crippen molar-refractivity contribution >= 4 is 24.2 Å². The van der Waals surface area contributed by atoms with Crippen LogP contribution in [0.1, 0.15) is 23.7 Å². The predicted molar refractivity (Wildman–Crippen MR) is 63.7 cm³/mol. The summed E-state index contributed by atoms with van der Waals surface area (Å²) in [6.45, 7) is 0. The highest BCUT2D eigenvalue weighted by Gasteiger charge is 2.33. The molecule has 2 N–H and O–H groups in total. The van der Waals surface area contributed by atoms with Crippen molar-refractivity contribution in [3.63, 3.8) is 0 Å². The second kappa shape index (κ2) is 6.10. The lowest BCUT2D eigenvalue weighted by Crippen LogP contribution is -2.20. The van der Waals surface area contributed by atoms with E-state index in [0.29, 0.717) is 12.3 Å². The molecule has 3 nitrogen and oxygen atoms in total. The lowest BCUT2D eigenvalue weighted by molar-refractivity contribution is -0.138. The van der Waals surface area contributed by atoms with Gasteiger partial charge in [-0.05, 0) is 18.2 Å². The summed E-state index contributed by atoms with van der Waals surface area (Å²) >= 11 is 9.48. The van der Waals surface area contributed by atoms with E-state index < -0.39 is 23.9 Å². The Morgan fingerprint density at radius 1 is 1.39 bits per heavy atom. The summed E-state index contributed by atoms with van der Waals surface area (Å²) in [5.74, 6) is 0.280. The molecule has 0 saturated heterocycles. The maximum atomic E-state index is 12.5. The van der Waals surface area contributed by atoms with Crippen LogP contribution in [0, 0.1) is 0 Å². The molecule has 0 aliphatic carbocycles.